The van der Waals surface area contributed by atoms with Crippen molar-refractivity contribution >= 4 is 5.91 Å². The van der Waals surface area contributed by atoms with Crippen molar-refractivity contribution in [3.05, 3.63) is 17.5 Å². The first kappa shape index (κ1) is 10.2. The summed E-state index contributed by atoms with van der Waals surface area (Å²) in [5.74, 6) is 0.144. The van der Waals surface area contributed by atoms with E-state index in [0.717, 1.165) is 11.3 Å². The molecule has 1 atom stereocenters. The lowest BCUT2D eigenvalue weighted by atomic mass is 10.2. The van der Waals surface area contributed by atoms with Crippen molar-refractivity contribution in [2.45, 2.75) is 25.9 Å². The molecule has 5 heteroatoms. The molecule has 1 saturated heterocycles. The molecule has 0 bridgehead atoms. The number of hydrogen-bond acceptors (Lipinski definition) is 3. The van der Waals surface area contributed by atoms with Gasteiger partial charge in [0, 0.05) is 44.4 Å². The van der Waals surface area contributed by atoms with Crippen LogP contribution in [0.1, 0.15) is 17.7 Å². The van der Waals surface area contributed by atoms with Crippen molar-refractivity contribution < 1.29 is 4.79 Å². The summed E-state index contributed by atoms with van der Waals surface area (Å²) in [6.45, 7) is 3.25. The molecule has 2 rings (SSSR count). The molecule has 0 aromatic carbocycles. The maximum Gasteiger partial charge on any atom is 0.224 e. The van der Waals surface area contributed by atoms with Crippen molar-refractivity contribution in [3.63, 3.8) is 0 Å². The van der Waals surface area contributed by atoms with Crippen LogP contribution in [0.3, 0.4) is 0 Å². The number of rotatable bonds is 2. The Morgan fingerprint density at radius 1 is 1.67 bits per heavy atom. The fourth-order valence-electron chi connectivity index (χ4n) is 1.97. The molecule has 1 aromatic rings. The van der Waals surface area contributed by atoms with E-state index in [9.17, 15) is 4.79 Å². The third kappa shape index (κ3) is 2.02. The zero-order valence-electron chi connectivity index (χ0n) is 9.10. The Balaban J connectivity index is 2.09. The number of aromatic nitrogens is 2. The smallest absolute Gasteiger partial charge is 0.224 e. The molecule has 1 amide bonds. The molecule has 1 aliphatic rings. The molecule has 1 aromatic heterocycles. The van der Waals surface area contributed by atoms with Crippen LogP contribution in [0.15, 0.2) is 6.20 Å². The highest BCUT2D eigenvalue weighted by atomic mass is 16.2. The van der Waals surface area contributed by atoms with Gasteiger partial charge in [-0.25, -0.2) is 0 Å². The first-order chi connectivity index (χ1) is 7.06. The number of nitrogens with zero attached hydrogens (tertiary/aromatic N) is 3. The van der Waals surface area contributed by atoms with E-state index in [0.29, 0.717) is 19.5 Å². The minimum atomic E-state index is -0.00511. The summed E-state index contributed by atoms with van der Waals surface area (Å²) in [6, 6.07) is -0.00511. The lowest BCUT2D eigenvalue weighted by Crippen LogP contribution is -2.27. The van der Waals surface area contributed by atoms with Crippen LogP contribution in [0.2, 0.25) is 0 Å². The van der Waals surface area contributed by atoms with Gasteiger partial charge in [0.15, 0.2) is 0 Å². The van der Waals surface area contributed by atoms with Crippen LogP contribution in [0, 0.1) is 6.92 Å². The van der Waals surface area contributed by atoms with Gasteiger partial charge in [0.1, 0.15) is 0 Å². The van der Waals surface area contributed by atoms with Gasteiger partial charge in [0.25, 0.3) is 0 Å². The predicted molar refractivity (Wildman–Crippen MR) is 56.0 cm³/mol. The fraction of sp³-hybridized carbons (Fsp3) is 0.600. The van der Waals surface area contributed by atoms with E-state index in [1.54, 1.807) is 9.58 Å². The molecule has 0 aliphatic carbocycles. The normalized spacial score (nSPS) is 21.4. The Morgan fingerprint density at radius 3 is 2.87 bits per heavy atom. The van der Waals surface area contributed by atoms with Gasteiger partial charge in [-0.3, -0.25) is 9.48 Å². The Kier molecular flexibility index (Phi) is 2.48. The highest BCUT2D eigenvalue weighted by Crippen LogP contribution is 2.15. The maximum absolute atomic E-state index is 11.5. The van der Waals surface area contributed by atoms with Crippen molar-refractivity contribution in [2.24, 2.45) is 12.8 Å². The maximum atomic E-state index is 11.5. The van der Waals surface area contributed by atoms with E-state index in [4.69, 9.17) is 5.73 Å². The summed E-state index contributed by atoms with van der Waals surface area (Å²) < 4.78 is 1.77. The highest BCUT2D eigenvalue weighted by molar-refractivity contribution is 5.79. The van der Waals surface area contributed by atoms with E-state index < -0.39 is 0 Å². The molecule has 2 heterocycles. The first-order valence-corrected chi connectivity index (χ1v) is 5.08. The van der Waals surface area contributed by atoms with E-state index >= 15 is 0 Å². The molecular formula is C10H16N4O. The summed E-state index contributed by atoms with van der Waals surface area (Å²) >= 11 is 0. The lowest BCUT2D eigenvalue weighted by Gasteiger charge is -2.14. The van der Waals surface area contributed by atoms with Crippen LogP contribution in [0.25, 0.3) is 0 Å². The number of aryl methyl sites for hydroxylation is 2. The van der Waals surface area contributed by atoms with Crippen LogP contribution in [-0.2, 0) is 18.4 Å². The Morgan fingerprint density at radius 2 is 2.40 bits per heavy atom. The number of likely N-dealkylation sites (tertiary alicyclic amines) is 1. The van der Waals surface area contributed by atoms with Crippen LogP contribution >= 0.6 is 0 Å². The fourth-order valence-corrected chi connectivity index (χ4v) is 1.97. The van der Waals surface area contributed by atoms with Crippen LogP contribution in [0.5, 0.6) is 0 Å². The zero-order valence-corrected chi connectivity index (χ0v) is 9.10. The van der Waals surface area contributed by atoms with Crippen LogP contribution < -0.4 is 5.73 Å². The van der Waals surface area contributed by atoms with Crippen molar-refractivity contribution in [3.8, 4) is 0 Å². The summed E-state index contributed by atoms with van der Waals surface area (Å²) in [5, 5.41) is 4.24. The summed E-state index contributed by atoms with van der Waals surface area (Å²) in [5.41, 5.74) is 7.80. The van der Waals surface area contributed by atoms with Crippen LogP contribution in [-0.4, -0.2) is 33.2 Å². The molecule has 5 nitrogen and oxygen atoms in total. The molecule has 1 fully saturated rings. The van der Waals surface area contributed by atoms with Gasteiger partial charge in [-0.05, 0) is 6.92 Å². The molecule has 1 unspecified atom stereocenters. The highest BCUT2D eigenvalue weighted by Gasteiger charge is 2.27. The predicted octanol–water partition coefficient (Wildman–Crippen LogP) is -0.212. The third-order valence-electron chi connectivity index (χ3n) is 2.72. The van der Waals surface area contributed by atoms with E-state index in [1.165, 1.54) is 0 Å². The van der Waals surface area contributed by atoms with Gasteiger partial charge >= 0.3 is 0 Å². The minimum Gasteiger partial charge on any atom is -0.337 e. The van der Waals surface area contributed by atoms with E-state index in [2.05, 4.69) is 5.10 Å². The Labute approximate surface area is 88.8 Å². The second-order valence-electron chi connectivity index (χ2n) is 4.15. The van der Waals surface area contributed by atoms with Crippen LogP contribution in [0.4, 0.5) is 0 Å². The second-order valence-corrected chi connectivity index (χ2v) is 4.15. The number of carbonyl (C=O) groups excluding carboxylic acids is 1. The summed E-state index contributed by atoms with van der Waals surface area (Å²) in [7, 11) is 1.88. The van der Waals surface area contributed by atoms with Crippen molar-refractivity contribution in [1.29, 1.82) is 0 Å². The average Bonchev–Trinajstić information content (AvgIpc) is 2.58. The average molecular weight is 208 g/mol. The van der Waals surface area contributed by atoms with Crippen molar-refractivity contribution in [1.82, 2.24) is 14.7 Å². The quantitative estimate of drug-likeness (QED) is 0.731. The first-order valence-electron chi connectivity index (χ1n) is 5.08. The summed E-state index contributed by atoms with van der Waals surface area (Å²) in [4.78, 5) is 13.3. The monoisotopic (exact) mass is 208 g/mol. The number of hydrogen-bond donors (Lipinski definition) is 1. The zero-order chi connectivity index (χ0) is 11.0. The summed E-state index contributed by atoms with van der Waals surface area (Å²) in [6.07, 6.45) is 2.42. The Hall–Kier alpha value is -1.36. The van der Waals surface area contributed by atoms with Gasteiger partial charge in [-0.1, -0.05) is 0 Å². The number of amides is 1. The largest absolute Gasteiger partial charge is 0.337 e. The SMILES string of the molecule is Cc1nn(C)cc1CN1CC(N)CC1=O. The number of carbonyl (C=O) groups is 1. The number of nitrogens with two attached hydrogens (primary N) is 1. The topological polar surface area (TPSA) is 64.2 Å². The molecule has 15 heavy (non-hydrogen) atoms. The van der Waals surface area contributed by atoms with E-state index in [-0.39, 0.29) is 11.9 Å². The lowest BCUT2D eigenvalue weighted by molar-refractivity contribution is -0.128. The van der Waals surface area contributed by atoms with E-state index in [1.807, 2.05) is 20.2 Å². The molecule has 1 aliphatic heterocycles. The minimum absolute atomic E-state index is 0.00511. The standard InChI is InChI=1S/C10H16N4O/c1-7-8(4-13(2)12-7)5-14-6-9(11)3-10(14)15/h4,9H,3,5-6,11H2,1-2H3. The molecule has 0 saturated carbocycles. The van der Waals surface area contributed by atoms with Gasteiger partial charge in [-0.2, -0.15) is 5.10 Å². The van der Waals surface area contributed by atoms with Gasteiger partial charge in [-0.15, -0.1) is 0 Å². The molecule has 0 spiro atoms. The third-order valence-corrected chi connectivity index (χ3v) is 2.72. The van der Waals surface area contributed by atoms with Crippen molar-refractivity contribution in [2.75, 3.05) is 6.54 Å². The second kappa shape index (κ2) is 3.66. The van der Waals surface area contributed by atoms with Gasteiger partial charge in [0.2, 0.25) is 5.91 Å². The van der Waals surface area contributed by atoms with Gasteiger partial charge < -0.3 is 10.6 Å². The van der Waals surface area contributed by atoms with Gasteiger partial charge in [0.05, 0.1) is 5.69 Å². The Bertz CT molecular complexity index is 385. The molecule has 2 N–H and O–H groups in total. The molecule has 82 valence electrons. The molecular weight excluding hydrogens is 192 g/mol. The molecule has 0 radical (unpaired) electrons.